The average molecular weight is 199 g/mol. The second-order valence-electron chi connectivity index (χ2n) is 3.77. The molecule has 2 rings (SSSR count). The van der Waals surface area contributed by atoms with Gasteiger partial charge in [0.1, 0.15) is 6.17 Å². The van der Waals surface area contributed by atoms with Gasteiger partial charge in [0.25, 0.3) is 0 Å². The van der Waals surface area contributed by atoms with E-state index < -0.39 is 6.17 Å². The molecule has 0 N–H and O–H groups in total. The number of anilines is 1. The fourth-order valence-electron chi connectivity index (χ4n) is 1.66. The zero-order chi connectivity index (χ0) is 9.42. The molecule has 1 aromatic heterocycles. The van der Waals surface area contributed by atoms with Crippen LogP contribution in [0.4, 0.5) is 9.39 Å². The van der Waals surface area contributed by atoms with Gasteiger partial charge in [-0.25, -0.2) is 4.39 Å². The van der Waals surface area contributed by atoms with Crippen molar-refractivity contribution >= 4 is 16.3 Å². The van der Waals surface area contributed by atoms with Gasteiger partial charge in [0.15, 0.2) is 0 Å². The Morgan fingerprint density at radius 3 is 2.69 bits per heavy atom. The summed E-state index contributed by atoms with van der Waals surface area (Å²) in [5.41, 5.74) is 0. The van der Waals surface area contributed by atoms with Crippen LogP contribution in [0.3, 0.4) is 0 Å². The van der Waals surface area contributed by atoms with Gasteiger partial charge < -0.3 is 4.90 Å². The maximum Gasteiger partial charge on any atom is 0.123 e. The molecule has 1 aliphatic carbocycles. The van der Waals surface area contributed by atoms with Crippen molar-refractivity contribution in [1.29, 1.82) is 0 Å². The molecule has 3 heteroatoms. The molecule has 0 aliphatic heterocycles. The van der Waals surface area contributed by atoms with Crippen molar-refractivity contribution in [3.8, 4) is 0 Å². The number of halogens is 1. The van der Waals surface area contributed by atoms with E-state index in [2.05, 4.69) is 24.8 Å². The van der Waals surface area contributed by atoms with Crippen LogP contribution >= 0.6 is 11.3 Å². The number of rotatable bonds is 3. The maximum atomic E-state index is 12.9. The van der Waals surface area contributed by atoms with E-state index in [-0.39, 0.29) is 6.04 Å². The fourth-order valence-corrected chi connectivity index (χ4v) is 2.58. The van der Waals surface area contributed by atoms with Crippen LogP contribution in [0, 0.1) is 0 Å². The molecule has 1 fully saturated rings. The van der Waals surface area contributed by atoms with Crippen LogP contribution in [0.15, 0.2) is 17.5 Å². The van der Waals surface area contributed by atoms with E-state index in [4.69, 9.17) is 0 Å². The predicted molar refractivity (Wildman–Crippen MR) is 55.2 cm³/mol. The van der Waals surface area contributed by atoms with Crippen LogP contribution in [0.5, 0.6) is 0 Å². The molecule has 1 aliphatic rings. The normalized spacial score (nSPS) is 26.5. The number of nitrogens with zero attached hydrogens (tertiary/aromatic N) is 1. The second kappa shape index (κ2) is 3.29. The molecule has 0 aromatic carbocycles. The predicted octanol–water partition coefficient (Wildman–Crippen LogP) is 3.07. The molecule has 1 heterocycles. The summed E-state index contributed by atoms with van der Waals surface area (Å²) < 4.78 is 12.9. The van der Waals surface area contributed by atoms with Gasteiger partial charge in [0.2, 0.25) is 0 Å². The number of hydrogen-bond donors (Lipinski definition) is 0. The zero-order valence-corrected chi connectivity index (χ0v) is 8.72. The highest BCUT2D eigenvalue weighted by Crippen LogP contribution is 2.38. The van der Waals surface area contributed by atoms with Crippen molar-refractivity contribution in [2.45, 2.75) is 38.5 Å². The van der Waals surface area contributed by atoms with Crippen LogP contribution in [0.25, 0.3) is 0 Å². The molecule has 0 unspecified atom stereocenters. The van der Waals surface area contributed by atoms with Gasteiger partial charge in [-0.3, -0.25) is 0 Å². The standard InChI is InChI=1S/C10H14FNS/c1-7(2)12(9-6-8(9)11)10-4-3-5-13-10/h3-5,7-9H,6H2,1-2H3/t8-,9-/m0/s1. The van der Waals surface area contributed by atoms with Crippen molar-refractivity contribution in [3.05, 3.63) is 17.5 Å². The highest BCUT2D eigenvalue weighted by molar-refractivity contribution is 7.14. The van der Waals surface area contributed by atoms with Gasteiger partial charge in [-0.1, -0.05) is 0 Å². The Labute approximate surface area is 82.2 Å². The summed E-state index contributed by atoms with van der Waals surface area (Å²) in [6, 6.07) is 4.61. The van der Waals surface area contributed by atoms with E-state index in [0.717, 1.165) is 0 Å². The molecule has 2 atom stereocenters. The summed E-state index contributed by atoms with van der Waals surface area (Å²) in [7, 11) is 0. The summed E-state index contributed by atoms with van der Waals surface area (Å²) in [6.45, 7) is 4.23. The molecule has 0 saturated heterocycles. The SMILES string of the molecule is CC(C)N(c1cccs1)[C@H]1C[C@@H]1F. The molecule has 1 aromatic rings. The topological polar surface area (TPSA) is 3.24 Å². The molecule has 0 amide bonds. The van der Waals surface area contributed by atoms with Gasteiger partial charge in [0.05, 0.1) is 11.0 Å². The van der Waals surface area contributed by atoms with E-state index in [1.165, 1.54) is 5.00 Å². The summed E-state index contributed by atoms with van der Waals surface area (Å²) in [6.07, 6.45) is 0.0975. The fraction of sp³-hybridized carbons (Fsp3) is 0.600. The minimum absolute atomic E-state index is 0.138. The highest BCUT2D eigenvalue weighted by Gasteiger charge is 2.43. The lowest BCUT2D eigenvalue weighted by Crippen LogP contribution is -2.33. The number of thiophene rings is 1. The van der Waals surface area contributed by atoms with E-state index in [9.17, 15) is 4.39 Å². The molecule has 72 valence electrons. The quantitative estimate of drug-likeness (QED) is 0.723. The molecule has 0 bridgehead atoms. The van der Waals surface area contributed by atoms with E-state index in [1.807, 2.05) is 11.4 Å². The van der Waals surface area contributed by atoms with E-state index in [0.29, 0.717) is 12.5 Å². The first-order valence-electron chi connectivity index (χ1n) is 4.66. The first-order valence-corrected chi connectivity index (χ1v) is 5.54. The molecule has 1 nitrogen and oxygen atoms in total. The smallest absolute Gasteiger partial charge is 0.123 e. The Hall–Kier alpha value is -0.570. The van der Waals surface area contributed by atoms with Gasteiger partial charge in [0, 0.05) is 12.5 Å². The highest BCUT2D eigenvalue weighted by atomic mass is 32.1. The van der Waals surface area contributed by atoms with Crippen LogP contribution in [0.2, 0.25) is 0 Å². The molecular weight excluding hydrogens is 185 g/mol. The Balaban J connectivity index is 2.15. The van der Waals surface area contributed by atoms with Crippen molar-refractivity contribution in [3.63, 3.8) is 0 Å². The van der Waals surface area contributed by atoms with E-state index >= 15 is 0 Å². The van der Waals surface area contributed by atoms with Crippen molar-refractivity contribution < 1.29 is 4.39 Å². The monoisotopic (exact) mass is 199 g/mol. The van der Waals surface area contributed by atoms with Gasteiger partial charge in [-0.15, -0.1) is 11.3 Å². The van der Waals surface area contributed by atoms with Crippen LogP contribution < -0.4 is 4.90 Å². The maximum absolute atomic E-state index is 12.9. The van der Waals surface area contributed by atoms with Crippen molar-refractivity contribution in [1.82, 2.24) is 0 Å². The Bertz CT molecular complexity index is 270. The lowest BCUT2D eigenvalue weighted by molar-refractivity contribution is 0.455. The Morgan fingerprint density at radius 1 is 1.62 bits per heavy atom. The summed E-state index contributed by atoms with van der Waals surface area (Å²) in [4.78, 5) is 2.19. The Morgan fingerprint density at radius 2 is 2.31 bits per heavy atom. The van der Waals surface area contributed by atoms with Crippen molar-refractivity contribution in [2.75, 3.05) is 4.90 Å². The first-order chi connectivity index (χ1) is 6.20. The number of hydrogen-bond acceptors (Lipinski definition) is 2. The molecule has 0 radical (unpaired) electrons. The summed E-state index contributed by atoms with van der Waals surface area (Å²) >= 11 is 1.69. The van der Waals surface area contributed by atoms with Crippen LogP contribution in [0.1, 0.15) is 20.3 Å². The van der Waals surface area contributed by atoms with Crippen LogP contribution in [-0.4, -0.2) is 18.3 Å². The third-order valence-corrected chi connectivity index (χ3v) is 3.24. The summed E-state index contributed by atoms with van der Waals surface area (Å²) in [5, 5.41) is 3.24. The van der Waals surface area contributed by atoms with E-state index in [1.54, 1.807) is 11.3 Å². The molecular formula is C10H14FNS. The third-order valence-electron chi connectivity index (χ3n) is 2.36. The van der Waals surface area contributed by atoms with Crippen LogP contribution in [-0.2, 0) is 0 Å². The Kier molecular flexibility index (Phi) is 2.28. The largest absolute Gasteiger partial charge is 0.355 e. The van der Waals surface area contributed by atoms with Crippen molar-refractivity contribution in [2.24, 2.45) is 0 Å². The van der Waals surface area contributed by atoms with Gasteiger partial charge in [-0.2, -0.15) is 0 Å². The number of alkyl halides is 1. The minimum Gasteiger partial charge on any atom is -0.355 e. The molecule has 1 saturated carbocycles. The second-order valence-corrected chi connectivity index (χ2v) is 4.70. The lowest BCUT2D eigenvalue weighted by Gasteiger charge is -2.27. The average Bonchev–Trinajstić information content (AvgIpc) is 2.61. The summed E-state index contributed by atoms with van der Waals surface area (Å²) in [5.74, 6) is 0. The first kappa shape index (κ1) is 9.00. The third kappa shape index (κ3) is 1.70. The molecule has 13 heavy (non-hydrogen) atoms. The lowest BCUT2D eigenvalue weighted by atomic mass is 10.3. The van der Waals surface area contributed by atoms with Gasteiger partial charge >= 0.3 is 0 Å². The molecule has 0 spiro atoms. The van der Waals surface area contributed by atoms with Gasteiger partial charge in [-0.05, 0) is 31.4 Å². The zero-order valence-electron chi connectivity index (χ0n) is 7.90. The minimum atomic E-state index is -0.607.